The van der Waals surface area contributed by atoms with Crippen LogP contribution in [0.1, 0.15) is 37.8 Å². The second-order valence-corrected chi connectivity index (χ2v) is 13.9. The molecule has 0 aromatic heterocycles. The van der Waals surface area contributed by atoms with Crippen molar-refractivity contribution >= 4 is 34.2 Å². The van der Waals surface area contributed by atoms with Crippen LogP contribution in [0.5, 0.6) is 0 Å². The van der Waals surface area contributed by atoms with Crippen LogP contribution < -0.4 is 5.90 Å². The third-order valence-corrected chi connectivity index (χ3v) is 8.37. The Balaban J connectivity index is -0.000000682. The monoisotopic (exact) mass is 806 g/mol. The number of nitrogens with zero attached hydrogens (tertiary/aromatic N) is 1. The van der Waals surface area contributed by atoms with Gasteiger partial charge in [0.1, 0.15) is 44.4 Å². The van der Waals surface area contributed by atoms with Gasteiger partial charge in [-0.1, -0.05) is 74.9 Å². The van der Waals surface area contributed by atoms with Crippen molar-refractivity contribution in [2.75, 3.05) is 26.5 Å². The molecular weight excluding hydrogens is 750 g/mol. The number of halogens is 1. The first-order valence-electron chi connectivity index (χ1n) is 15.8. The molecule has 1 fully saturated rings. The van der Waals surface area contributed by atoms with Gasteiger partial charge >= 0.3 is 15.6 Å². The molecule has 1 saturated heterocycles. The minimum Gasteiger partial charge on any atom is -0.397 e. The average molecular weight is 807 g/mol. The Morgan fingerprint density at radius 1 is 0.808 bits per heavy atom. The zero-order valence-electron chi connectivity index (χ0n) is 29.6. The first-order valence-corrected chi connectivity index (χ1v) is 19.3. The molecule has 300 valence electrons. The predicted molar refractivity (Wildman–Crippen MR) is 197 cm³/mol. The van der Waals surface area contributed by atoms with Crippen molar-refractivity contribution in [2.24, 2.45) is 11.1 Å². The molecule has 1 aliphatic heterocycles. The SMILES string of the molecule is CCO.CCO.C[P+](=O)C(O)C[C@@H](O)[C@@H](O)[C@@H](O)C=NOCc1ccccc1.C[P+](=O)C(O)C[C@H]1O[C@@H](O)[C@H](O)[C@@H]1O.Cl.NOCc1ccccc1. The molecule has 4 unspecified atom stereocenters. The lowest BCUT2D eigenvalue weighted by Gasteiger charge is -2.19. The van der Waals surface area contributed by atoms with Gasteiger partial charge in [0.15, 0.2) is 6.29 Å². The summed E-state index contributed by atoms with van der Waals surface area (Å²) < 4.78 is 26.6. The van der Waals surface area contributed by atoms with Gasteiger partial charge in [-0.25, -0.2) is 5.90 Å². The third-order valence-electron chi connectivity index (χ3n) is 6.27. The van der Waals surface area contributed by atoms with Crippen LogP contribution in [0.25, 0.3) is 0 Å². The number of ether oxygens (including phenoxy) is 1. The van der Waals surface area contributed by atoms with E-state index in [0.29, 0.717) is 6.61 Å². The van der Waals surface area contributed by atoms with Gasteiger partial charge in [-0.05, 0) is 25.0 Å². The summed E-state index contributed by atoms with van der Waals surface area (Å²) >= 11 is 0. The molecule has 1 aliphatic rings. The molecule has 0 aliphatic carbocycles. The molecule has 20 heteroatoms. The van der Waals surface area contributed by atoms with Gasteiger partial charge in [-0.2, -0.15) is 0 Å². The van der Waals surface area contributed by atoms with Crippen molar-refractivity contribution in [1.29, 1.82) is 0 Å². The van der Waals surface area contributed by atoms with E-state index in [9.17, 15) is 39.8 Å². The van der Waals surface area contributed by atoms with Gasteiger partial charge in [-0.3, -0.25) is 4.84 Å². The number of aliphatic hydroxyl groups excluding tert-OH is 10. The summed E-state index contributed by atoms with van der Waals surface area (Å²) in [6, 6.07) is 19.0. The van der Waals surface area contributed by atoms with E-state index in [1.807, 2.05) is 60.7 Å². The topological polar surface area (TPSA) is 303 Å². The Hall–Kier alpha value is -2.12. The van der Waals surface area contributed by atoms with E-state index in [-0.39, 0.29) is 45.1 Å². The van der Waals surface area contributed by atoms with Crippen molar-refractivity contribution in [3.8, 4) is 0 Å². The molecule has 12 N–H and O–H groups in total. The van der Waals surface area contributed by atoms with Crippen molar-refractivity contribution in [3.63, 3.8) is 0 Å². The Morgan fingerprint density at radius 3 is 1.63 bits per heavy atom. The fourth-order valence-corrected chi connectivity index (χ4v) is 4.58. The van der Waals surface area contributed by atoms with Crippen LogP contribution in [0.4, 0.5) is 0 Å². The standard InChI is InChI=1S/C14H21NO6P.C7H9NO.C7H14O6P.2C2H6O.ClH/c1-22(20)13(18)7-11(16)14(19)12(17)8-15-21-9-10-5-3-2-4-6-10;8-9-6-7-4-2-1-3-5-7;1-14(12)4(8)2-3-5(9)6(10)7(11)13-3;2*1-2-3;/h2-6,8,11-14,16-19H,7,9H2,1H3;1-5H,6,8H2;3-11H,2H2,1H3;2*3H,2H2,1H3;1H/q+1;;+1;;;/t11-,12+,13?,14-;;3-,4?,5-,6-,7-;;;/m1.1.../s1. The van der Waals surface area contributed by atoms with E-state index < -0.39 is 70.2 Å². The molecule has 17 nitrogen and oxygen atoms in total. The zero-order valence-corrected chi connectivity index (χ0v) is 32.2. The minimum absolute atomic E-state index is 0. The summed E-state index contributed by atoms with van der Waals surface area (Å²) in [5.41, 5.74) is 1.99. The molecule has 0 spiro atoms. The quantitative estimate of drug-likeness (QED) is 0.0705. The first-order chi connectivity index (χ1) is 24.1. The molecule has 3 rings (SSSR count). The Kier molecular flexibility index (Phi) is 34.9. The summed E-state index contributed by atoms with van der Waals surface area (Å²) in [4.78, 5) is 9.39. The number of oxime groups is 1. The Morgan fingerprint density at radius 2 is 1.25 bits per heavy atom. The van der Waals surface area contributed by atoms with Gasteiger partial charge in [-0.15, -0.1) is 12.4 Å². The van der Waals surface area contributed by atoms with Crippen LogP contribution in [0.3, 0.4) is 0 Å². The van der Waals surface area contributed by atoms with Crippen LogP contribution in [-0.4, -0.2) is 138 Å². The van der Waals surface area contributed by atoms with Crippen LogP contribution in [-0.2, 0) is 36.8 Å². The number of rotatable bonds is 14. The highest BCUT2D eigenvalue weighted by molar-refractivity contribution is 7.44. The second kappa shape index (κ2) is 33.4. The maximum absolute atomic E-state index is 11.0. The van der Waals surface area contributed by atoms with Gasteiger partial charge in [0.2, 0.25) is 0 Å². The minimum atomic E-state index is -1.88. The fourth-order valence-electron chi connectivity index (χ4n) is 3.56. The number of hydrogen-bond acceptors (Lipinski definition) is 17. The number of benzene rings is 2. The van der Waals surface area contributed by atoms with Crippen LogP contribution in [0, 0.1) is 0 Å². The molecule has 0 amide bonds. The van der Waals surface area contributed by atoms with Crippen LogP contribution in [0.15, 0.2) is 65.8 Å². The van der Waals surface area contributed by atoms with E-state index >= 15 is 0 Å². The van der Waals surface area contributed by atoms with Crippen molar-refractivity contribution < 1.29 is 74.6 Å². The van der Waals surface area contributed by atoms with E-state index in [4.69, 9.17) is 35.9 Å². The highest BCUT2D eigenvalue weighted by atomic mass is 35.5. The normalized spacial score (nSPS) is 20.9. The predicted octanol–water partition coefficient (Wildman–Crippen LogP) is 0.524. The van der Waals surface area contributed by atoms with E-state index in [1.54, 1.807) is 13.8 Å². The van der Waals surface area contributed by atoms with Gasteiger partial charge < -0.3 is 60.6 Å². The second-order valence-electron chi connectivity index (χ2n) is 10.6. The summed E-state index contributed by atoms with van der Waals surface area (Å²) in [7, 11) is -3.66. The van der Waals surface area contributed by atoms with Crippen molar-refractivity contribution in [2.45, 2.75) is 94.5 Å². The van der Waals surface area contributed by atoms with E-state index in [1.165, 1.54) is 13.3 Å². The molecule has 1 heterocycles. The molecule has 52 heavy (non-hydrogen) atoms. The largest absolute Gasteiger partial charge is 0.397 e. The smallest absolute Gasteiger partial charge is 0.366 e. The molecule has 0 bridgehead atoms. The lowest BCUT2D eigenvalue weighted by atomic mass is 10.1. The first kappa shape index (κ1) is 54.2. The third kappa shape index (κ3) is 25.8. The van der Waals surface area contributed by atoms with Gasteiger partial charge in [0.25, 0.3) is 11.7 Å². The molecule has 2 aromatic carbocycles. The molecule has 2 aromatic rings. The van der Waals surface area contributed by atoms with E-state index in [0.717, 1.165) is 17.3 Å². The van der Waals surface area contributed by atoms with Gasteiger partial charge in [0.05, 0.1) is 25.0 Å². The lowest BCUT2D eigenvalue weighted by Crippen LogP contribution is -2.39. The van der Waals surface area contributed by atoms with Crippen LogP contribution >= 0.6 is 28.0 Å². The van der Waals surface area contributed by atoms with Crippen LogP contribution in [0.2, 0.25) is 0 Å². The summed E-state index contributed by atoms with van der Waals surface area (Å²) in [5, 5.41) is 93.7. The van der Waals surface area contributed by atoms with Gasteiger partial charge in [0, 0.05) is 26.1 Å². The molecule has 0 radical (unpaired) electrons. The number of nitrogens with two attached hydrogens (primary N) is 1. The molecular formula is C32H57ClN2O15P2+2. The van der Waals surface area contributed by atoms with Crippen molar-refractivity contribution in [1.82, 2.24) is 0 Å². The highest BCUT2D eigenvalue weighted by Crippen LogP contribution is 2.30. The number of aliphatic hydroxyl groups is 10. The molecule has 11 atom stereocenters. The number of hydrogen-bond donors (Lipinski definition) is 11. The molecule has 0 saturated carbocycles. The van der Waals surface area contributed by atoms with E-state index in [2.05, 4.69) is 9.99 Å². The average Bonchev–Trinajstić information content (AvgIpc) is 3.34. The summed E-state index contributed by atoms with van der Waals surface area (Å²) in [6.07, 6.45) is -8.83. The summed E-state index contributed by atoms with van der Waals surface area (Å²) in [6.45, 7) is 7.22. The van der Waals surface area contributed by atoms with Crippen molar-refractivity contribution in [3.05, 3.63) is 71.8 Å². The maximum Gasteiger partial charge on any atom is 0.366 e. The Labute approximate surface area is 312 Å². The summed E-state index contributed by atoms with van der Waals surface area (Å²) in [5.74, 6) is 2.53. The lowest BCUT2D eigenvalue weighted by molar-refractivity contribution is -0.129. The maximum atomic E-state index is 11.0. The Bertz CT molecular complexity index is 1180. The fraction of sp³-hybridized carbons (Fsp3) is 0.594. The highest BCUT2D eigenvalue weighted by Gasteiger charge is 2.44. The zero-order chi connectivity index (χ0) is 39.4.